The van der Waals surface area contributed by atoms with Crippen molar-refractivity contribution < 1.29 is 4.42 Å². The van der Waals surface area contributed by atoms with Crippen LogP contribution in [0.3, 0.4) is 0 Å². The van der Waals surface area contributed by atoms with E-state index in [1.807, 2.05) is 25.1 Å². The fourth-order valence-corrected chi connectivity index (χ4v) is 2.32. The lowest BCUT2D eigenvalue weighted by Crippen LogP contribution is -2.06. The molecule has 0 bridgehead atoms. The van der Waals surface area contributed by atoms with Crippen molar-refractivity contribution in [2.24, 2.45) is 5.11 Å². The van der Waals surface area contributed by atoms with Gasteiger partial charge in [0, 0.05) is 12.2 Å². The van der Waals surface area contributed by atoms with Gasteiger partial charge in [0.05, 0.1) is 6.26 Å². The summed E-state index contributed by atoms with van der Waals surface area (Å²) in [5, 5.41) is 6.68. The van der Waals surface area contributed by atoms with Gasteiger partial charge in [-0.05, 0) is 36.2 Å². The molecule has 0 amide bonds. The molecule has 3 rings (SSSR count). The van der Waals surface area contributed by atoms with Gasteiger partial charge in [-0.1, -0.05) is 12.1 Å². The predicted molar refractivity (Wildman–Crippen MR) is 91.9 cm³/mol. The van der Waals surface area contributed by atoms with Crippen molar-refractivity contribution in [3.05, 3.63) is 47.7 Å². The van der Waals surface area contributed by atoms with Gasteiger partial charge in [-0.2, -0.15) is 10.1 Å². The van der Waals surface area contributed by atoms with Gasteiger partial charge in [-0.25, -0.2) is 10.5 Å². The van der Waals surface area contributed by atoms with Crippen molar-refractivity contribution in [3.8, 4) is 11.5 Å². The van der Waals surface area contributed by atoms with E-state index < -0.39 is 0 Å². The summed E-state index contributed by atoms with van der Waals surface area (Å²) in [7, 11) is 0. The molecule has 0 unspecified atom stereocenters. The zero-order valence-corrected chi connectivity index (χ0v) is 13.1. The van der Waals surface area contributed by atoms with E-state index in [1.54, 1.807) is 12.1 Å². The number of hydrogen-bond acceptors (Lipinski definition) is 8. The monoisotopic (exact) mass is 323 g/mol. The van der Waals surface area contributed by atoms with E-state index in [9.17, 15) is 0 Å². The van der Waals surface area contributed by atoms with Gasteiger partial charge in [0.2, 0.25) is 5.95 Å². The van der Waals surface area contributed by atoms with E-state index in [-0.39, 0.29) is 11.6 Å². The van der Waals surface area contributed by atoms with Crippen molar-refractivity contribution in [1.82, 2.24) is 9.97 Å². The first-order chi connectivity index (χ1) is 11.6. The zero-order valence-electron chi connectivity index (χ0n) is 13.1. The minimum Gasteiger partial charge on any atom is -0.463 e. The Morgan fingerprint density at radius 1 is 1.25 bits per heavy atom. The number of rotatable bonds is 5. The van der Waals surface area contributed by atoms with Crippen LogP contribution >= 0.6 is 0 Å². The summed E-state index contributed by atoms with van der Waals surface area (Å²) in [4.78, 5) is 8.28. The number of nitrogen functional groups attached to an aromatic ring is 2. The quantitative estimate of drug-likeness (QED) is 0.418. The van der Waals surface area contributed by atoms with Gasteiger partial charge in [-0.15, -0.1) is 0 Å². The number of hydrogen-bond donors (Lipinski definition) is 4. The fraction of sp³-hybridized carbons (Fsp3) is 0.125. The number of benzene rings is 1. The largest absolute Gasteiger partial charge is 0.463 e. The second-order valence-corrected chi connectivity index (χ2v) is 5.26. The Hall–Kier alpha value is -3.42. The van der Waals surface area contributed by atoms with Gasteiger partial charge in [0.1, 0.15) is 5.69 Å². The van der Waals surface area contributed by atoms with Crippen LogP contribution in [-0.4, -0.2) is 9.97 Å². The maximum Gasteiger partial charge on any atom is 0.222 e. The van der Waals surface area contributed by atoms with E-state index in [4.69, 9.17) is 21.4 Å². The molecule has 0 atom stereocenters. The van der Waals surface area contributed by atoms with Crippen LogP contribution in [0.4, 0.5) is 23.1 Å². The van der Waals surface area contributed by atoms with Crippen LogP contribution < -0.4 is 16.8 Å². The molecule has 0 fully saturated rings. The number of nitrogens with two attached hydrogens (primary N) is 2. The molecule has 2 heterocycles. The molecule has 6 N–H and O–H groups in total. The molecule has 122 valence electrons. The van der Waals surface area contributed by atoms with Crippen LogP contribution in [0.1, 0.15) is 11.1 Å². The van der Waals surface area contributed by atoms with Gasteiger partial charge in [0.15, 0.2) is 17.3 Å². The molecule has 1 aromatic carbocycles. The average Bonchev–Trinajstić information content (AvgIpc) is 3.09. The number of aryl methyl sites for hydroxylation is 1. The smallest absolute Gasteiger partial charge is 0.222 e. The number of anilines is 3. The van der Waals surface area contributed by atoms with Gasteiger partial charge in [0.25, 0.3) is 0 Å². The van der Waals surface area contributed by atoms with Crippen LogP contribution in [0, 0.1) is 12.5 Å². The van der Waals surface area contributed by atoms with Crippen molar-refractivity contribution in [3.63, 3.8) is 0 Å². The zero-order chi connectivity index (χ0) is 17.1. The van der Waals surface area contributed by atoms with Crippen molar-refractivity contribution in [2.45, 2.75) is 13.5 Å². The van der Waals surface area contributed by atoms with Crippen LogP contribution in [0.2, 0.25) is 0 Å². The van der Waals surface area contributed by atoms with E-state index >= 15 is 0 Å². The lowest BCUT2D eigenvalue weighted by atomic mass is 10.1. The molecule has 0 saturated carbocycles. The molecule has 0 aliphatic rings. The minimum absolute atomic E-state index is 0.0739. The van der Waals surface area contributed by atoms with Crippen molar-refractivity contribution in [2.75, 3.05) is 16.8 Å². The van der Waals surface area contributed by atoms with Crippen LogP contribution in [-0.2, 0) is 6.54 Å². The second kappa shape index (κ2) is 6.37. The summed E-state index contributed by atoms with van der Waals surface area (Å²) >= 11 is 0. The molecule has 3 aromatic rings. The number of nitrogens with zero attached hydrogens (tertiary/aromatic N) is 3. The third-order valence-electron chi connectivity index (χ3n) is 3.56. The highest BCUT2D eigenvalue weighted by molar-refractivity contribution is 5.78. The van der Waals surface area contributed by atoms with Crippen molar-refractivity contribution in [1.29, 1.82) is 5.53 Å². The molecule has 8 nitrogen and oxygen atoms in total. The lowest BCUT2D eigenvalue weighted by molar-refractivity contribution is 0.580. The molecule has 24 heavy (non-hydrogen) atoms. The molecule has 0 aliphatic heterocycles. The normalized spacial score (nSPS) is 10.5. The third kappa shape index (κ3) is 3.02. The number of nitrogens with one attached hydrogen (secondary N) is 2. The molecular weight excluding hydrogens is 306 g/mol. The Morgan fingerprint density at radius 3 is 2.75 bits per heavy atom. The number of furan rings is 1. The summed E-state index contributed by atoms with van der Waals surface area (Å²) in [6, 6.07) is 9.21. The highest BCUT2D eigenvalue weighted by Gasteiger charge is 2.17. The van der Waals surface area contributed by atoms with E-state index in [0.29, 0.717) is 23.8 Å². The Balaban J connectivity index is 1.92. The molecule has 0 radical (unpaired) electrons. The standard InChI is InChI=1S/C16H17N7O/c1-9-7-10(4-5-11(9)17)8-20-15-14(23-19)13(21-16(18)22-15)12-3-2-6-24-12/h2-7,19H,8,17H2,1H3,(H3,18,20,21,22). The first kappa shape index (κ1) is 15.5. The topological polar surface area (TPSA) is 139 Å². The fourth-order valence-electron chi connectivity index (χ4n) is 2.32. The highest BCUT2D eigenvalue weighted by Crippen LogP contribution is 2.35. The highest BCUT2D eigenvalue weighted by atomic mass is 16.3. The predicted octanol–water partition coefficient (Wildman–Crippen LogP) is 3.48. The molecule has 0 spiro atoms. The first-order valence-electron chi connectivity index (χ1n) is 7.26. The Kier molecular flexibility index (Phi) is 4.11. The van der Waals surface area contributed by atoms with Crippen LogP contribution in [0.5, 0.6) is 0 Å². The summed E-state index contributed by atoms with van der Waals surface area (Å²) in [6.07, 6.45) is 1.52. The average molecular weight is 323 g/mol. The maximum absolute atomic E-state index is 7.45. The lowest BCUT2D eigenvalue weighted by Gasteiger charge is -2.11. The molecule has 0 aliphatic carbocycles. The summed E-state index contributed by atoms with van der Waals surface area (Å²) in [5.41, 5.74) is 22.5. The molecule has 0 saturated heterocycles. The summed E-state index contributed by atoms with van der Waals surface area (Å²) in [6.45, 7) is 2.43. The summed E-state index contributed by atoms with van der Waals surface area (Å²) in [5.74, 6) is 0.921. The first-order valence-corrected chi connectivity index (χ1v) is 7.26. The number of aromatic nitrogens is 2. The van der Waals surface area contributed by atoms with Crippen LogP contribution in [0.15, 0.2) is 46.1 Å². The molecule has 8 heteroatoms. The summed E-state index contributed by atoms with van der Waals surface area (Å²) < 4.78 is 5.33. The Labute approximate surface area is 138 Å². The third-order valence-corrected chi connectivity index (χ3v) is 3.56. The van der Waals surface area contributed by atoms with Gasteiger partial charge in [-0.3, -0.25) is 0 Å². The Bertz CT molecular complexity index is 874. The van der Waals surface area contributed by atoms with E-state index in [1.165, 1.54) is 6.26 Å². The van der Waals surface area contributed by atoms with Gasteiger partial charge < -0.3 is 21.2 Å². The maximum atomic E-state index is 7.45. The van der Waals surface area contributed by atoms with Gasteiger partial charge >= 0.3 is 0 Å². The SMILES string of the molecule is Cc1cc(CNc2nc(N)nc(-c3ccco3)c2N=N)ccc1N. The van der Waals surface area contributed by atoms with Crippen LogP contribution in [0.25, 0.3) is 11.5 Å². The van der Waals surface area contributed by atoms with E-state index in [2.05, 4.69) is 20.4 Å². The Morgan fingerprint density at radius 2 is 2.08 bits per heavy atom. The molecule has 2 aromatic heterocycles. The van der Waals surface area contributed by atoms with Crippen molar-refractivity contribution >= 4 is 23.1 Å². The minimum atomic E-state index is 0.0739. The van der Waals surface area contributed by atoms with E-state index in [0.717, 1.165) is 16.8 Å². The second-order valence-electron chi connectivity index (χ2n) is 5.26. The molecular formula is C16H17N7O.